The summed E-state index contributed by atoms with van der Waals surface area (Å²) in [5.41, 5.74) is 1.40. The molecule has 2 aromatic carbocycles. The summed E-state index contributed by atoms with van der Waals surface area (Å²) >= 11 is 0. The number of ketones is 1. The van der Waals surface area contributed by atoms with Crippen LogP contribution in [0.25, 0.3) is 5.52 Å². The standard InChI is InChI=1S/C33H26F2N6O4/c1-19(2)24-17-25(32(44)41(31(24)43)23-7-5-21(34)6-8-23)28(42)15-20-4-9-29(26(35)14-20)45-30-16-22(18-40-27(30)10-13-38-40)39-33-36-11-3-12-37-33/h3-14,16-19,24H,15H2,1-2H3,(H,36,37,39). The second-order valence-electron chi connectivity index (χ2n) is 10.7. The van der Waals surface area contributed by atoms with Gasteiger partial charge in [0.25, 0.3) is 5.91 Å². The lowest BCUT2D eigenvalue weighted by molar-refractivity contribution is -0.129. The highest BCUT2D eigenvalue weighted by atomic mass is 19.1. The maximum absolute atomic E-state index is 15.4. The van der Waals surface area contributed by atoms with Gasteiger partial charge in [-0.15, -0.1) is 0 Å². The molecule has 226 valence electrons. The zero-order valence-electron chi connectivity index (χ0n) is 24.1. The Labute approximate surface area is 256 Å². The predicted octanol–water partition coefficient (Wildman–Crippen LogP) is 5.82. The number of halogens is 2. The monoisotopic (exact) mass is 608 g/mol. The quantitative estimate of drug-likeness (QED) is 0.164. The molecule has 10 nitrogen and oxygen atoms in total. The Morgan fingerprint density at radius 1 is 0.978 bits per heavy atom. The van der Waals surface area contributed by atoms with Gasteiger partial charge in [-0.2, -0.15) is 5.10 Å². The fourth-order valence-electron chi connectivity index (χ4n) is 4.99. The van der Waals surface area contributed by atoms with Crippen LogP contribution in [0, 0.1) is 23.5 Å². The van der Waals surface area contributed by atoms with Crippen molar-refractivity contribution in [1.82, 2.24) is 19.6 Å². The number of carbonyl (C=O) groups excluding carboxylic acids is 3. The Hall–Kier alpha value is -5.78. The number of amides is 2. The molecule has 0 aliphatic carbocycles. The number of nitrogens with zero attached hydrogens (tertiary/aromatic N) is 5. The SMILES string of the molecule is CC(C)C1C=C(C(=O)Cc2ccc(Oc3cc(Nc4ncccn4)cn4nccc34)c(F)c2)C(=O)N(c2ccc(F)cc2)C1=O. The van der Waals surface area contributed by atoms with Crippen LogP contribution in [0.2, 0.25) is 0 Å². The number of pyridine rings is 1. The Bertz CT molecular complexity index is 1960. The van der Waals surface area contributed by atoms with E-state index in [0.29, 0.717) is 28.5 Å². The first-order valence-corrected chi connectivity index (χ1v) is 14.0. The van der Waals surface area contributed by atoms with E-state index in [0.717, 1.165) is 23.1 Å². The van der Waals surface area contributed by atoms with Crippen LogP contribution >= 0.6 is 0 Å². The molecule has 1 aliphatic rings. The van der Waals surface area contributed by atoms with Gasteiger partial charge < -0.3 is 10.1 Å². The molecule has 45 heavy (non-hydrogen) atoms. The maximum atomic E-state index is 15.4. The molecule has 1 aliphatic heterocycles. The second-order valence-corrected chi connectivity index (χ2v) is 10.7. The number of aromatic nitrogens is 4. The smallest absolute Gasteiger partial charge is 0.268 e. The van der Waals surface area contributed by atoms with Crippen LogP contribution in [0.4, 0.5) is 26.1 Å². The number of Topliss-reactive ketones (excluding diaryl/α,β-unsaturated/α-hetero) is 1. The van der Waals surface area contributed by atoms with Gasteiger partial charge in [-0.1, -0.05) is 26.0 Å². The lowest BCUT2D eigenvalue weighted by Gasteiger charge is -2.31. The lowest BCUT2D eigenvalue weighted by atomic mass is 9.86. The molecule has 12 heteroatoms. The maximum Gasteiger partial charge on any atom is 0.268 e. The fourth-order valence-corrected chi connectivity index (χ4v) is 4.99. The van der Waals surface area contributed by atoms with E-state index >= 15 is 4.39 Å². The number of imide groups is 1. The minimum Gasteiger partial charge on any atom is -0.452 e. The van der Waals surface area contributed by atoms with Gasteiger partial charge in [-0.25, -0.2) is 28.2 Å². The van der Waals surface area contributed by atoms with Crippen molar-refractivity contribution >= 4 is 40.4 Å². The summed E-state index contributed by atoms with van der Waals surface area (Å²) in [5.74, 6) is -3.56. The first kappa shape index (κ1) is 29.3. The van der Waals surface area contributed by atoms with Crippen molar-refractivity contribution in [2.75, 3.05) is 10.2 Å². The molecule has 3 aromatic heterocycles. The molecular formula is C33H26F2N6O4. The van der Waals surface area contributed by atoms with E-state index in [2.05, 4.69) is 20.4 Å². The average molecular weight is 609 g/mol. The molecule has 1 N–H and O–H groups in total. The molecule has 0 saturated heterocycles. The van der Waals surface area contributed by atoms with E-state index in [1.165, 1.54) is 30.3 Å². The van der Waals surface area contributed by atoms with E-state index < -0.39 is 35.1 Å². The lowest BCUT2D eigenvalue weighted by Crippen LogP contribution is -2.47. The molecule has 2 amide bonds. The van der Waals surface area contributed by atoms with Crippen molar-refractivity contribution in [1.29, 1.82) is 0 Å². The highest BCUT2D eigenvalue weighted by Gasteiger charge is 2.39. The van der Waals surface area contributed by atoms with Gasteiger partial charge in [0, 0.05) is 24.9 Å². The van der Waals surface area contributed by atoms with Gasteiger partial charge in [0.2, 0.25) is 11.9 Å². The summed E-state index contributed by atoms with van der Waals surface area (Å²) in [5, 5.41) is 7.30. The Morgan fingerprint density at radius 2 is 1.73 bits per heavy atom. The number of benzene rings is 2. The Balaban J connectivity index is 1.23. The topological polar surface area (TPSA) is 119 Å². The number of nitrogens with one attached hydrogen (secondary N) is 1. The molecule has 0 bridgehead atoms. The number of ether oxygens (including phenoxy) is 1. The van der Waals surface area contributed by atoms with Crippen molar-refractivity contribution in [3.8, 4) is 11.5 Å². The van der Waals surface area contributed by atoms with Crippen LogP contribution in [0.1, 0.15) is 19.4 Å². The van der Waals surface area contributed by atoms with Crippen molar-refractivity contribution in [2.24, 2.45) is 11.8 Å². The number of rotatable bonds is 9. The number of fused-ring (bicyclic) bond motifs is 1. The molecule has 0 radical (unpaired) electrons. The highest BCUT2D eigenvalue weighted by Crippen LogP contribution is 2.33. The first-order valence-electron chi connectivity index (χ1n) is 14.0. The van der Waals surface area contributed by atoms with Gasteiger partial charge >= 0.3 is 0 Å². The largest absolute Gasteiger partial charge is 0.452 e. The normalized spacial score (nSPS) is 15.0. The number of anilines is 3. The Kier molecular flexibility index (Phi) is 7.86. The zero-order valence-corrected chi connectivity index (χ0v) is 24.1. The minimum absolute atomic E-state index is 0.0941. The van der Waals surface area contributed by atoms with Crippen LogP contribution in [0.3, 0.4) is 0 Å². The van der Waals surface area contributed by atoms with Crippen molar-refractivity contribution in [3.05, 3.63) is 114 Å². The molecule has 0 spiro atoms. The van der Waals surface area contributed by atoms with Gasteiger partial charge in [0.1, 0.15) is 11.3 Å². The van der Waals surface area contributed by atoms with Crippen molar-refractivity contribution in [3.63, 3.8) is 0 Å². The second kappa shape index (κ2) is 12.1. The molecule has 6 rings (SSSR count). The summed E-state index contributed by atoms with van der Waals surface area (Å²) < 4.78 is 36.4. The fraction of sp³-hybridized carbons (Fsp3) is 0.152. The highest BCUT2D eigenvalue weighted by molar-refractivity contribution is 6.33. The third-order valence-corrected chi connectivity index (χ3v) is 7.26. The van der Waals surface area contributed by atoms with E-state index in [1.807, 2.05) is 0 Å². The minimum atomic E-state index is -0.812. The number of hydrogen-bond donors (Lipinski definition) is 1. The molecular weight excluding hydrogens is 582 g/mol. The summed E-state index contributed by atoms with van der Waals surface area (Å²) in [4.78, 5) is 49.1. The number of carbonyl (C=O) groups is 3. The summed E-state index contributed by atoms with van der Waals surface area (Å²) in [6, 6.07) is 14.0. The molecule has 1 unspecified atom stereocenters. The van der Waals surface area contributed by atoms with E-state index in [9.17, 15) is 18.8 Å². The van der Waals surface area contributed by atoms with Crippen LogP contribution in [-0.2, 0) is 20.8 Å². The first-order chi connectivity index (χ1) is 21.7. The van der Waals surface area contributed by atoms with Crippen molar-refractivity contribution in [2.45, 2.75) is 20.3 Å². The molecule has 0 fully saturated rings. The van der Waals surface area contributed by atoms with Gasteiger partial charge in [0.05, 0.1) is 35.3 Å². The Morgan fingerprint density at radius 3 is 2.44 bits per heavy atom. The van der Waals surface area contributed by atoms with E-state index in [1.54, 1.807) is 61.3 Å². The van der Waals surface area contributed by atoms with Crippen LogP contribution in [0.15, 0.2) is 97.1 Å². The molecule has 0 saturated carbocycles. The number of hydrogen-bond acceptors (Lipinski definition) is 8. The third-order valence-electron chi connectivity index (χ3n) is 7.26. The zero-order chi connectivity index (χ0) is 31.7. The van der Waals surface area contributed by atoms with Gasteiger partial charge in [0.15, 0.2) is 23.1 Å². The molecule has 4 heterocycles. The van der Waals surface area contributed by atoms with Gasteiger partial charge in [-0.05, 0) is 60.0 Å². The average Bonchev–Trinajstić information content (AvgIpc) is 3.49. The van der Waals surface area contributed by atoms with Crippen LogP contribution < -0.4 is 15.0 Å². The summed E-state index contributed by atoms with van der Waals surface area (Å²) in [6.45, 7) is 3.60. The summed E-state index contributed by atoms with van der Waals surface area (Å²) in [6.07, 6.45) is 7.54. The van der Waals surface area contributed by atoms with Crippen LogP contribution in [0.5, 0.6) is 11.5 Å². The van der Waals surface area contributed by atoms with E-state index in [4.69, 9.17) is 4.74 Å². The predicted molar refractivity (Wildman–Crippen MR) is 161 cm³/mol. The molecule has 1 atom stereocenters. The van der Waals surface area contributed by atoms with Crippen molar-refractivity contribution < 1.29 is 27.9 Å². The third kappa shape index (κ3) is 6.03. The van der Waals surface area contributed by atoms with E-state index in [-0.39, 0.29) is 29.3 Å². The van der Waals surface area contributed by atoms with Gasteiger partial charge in [-0.3, -0.25) is 14.4 Å². The van der Waals surface area contributed by atoms with Crippen LogP contribution in [-0.4, -0.2) is 37.2 Å². The summed E-state index contributed by atoms with van der Waals surface area (Å²) in [7, 11) is 0. The molecule has 5 aromatic rings.